The van der Waals surface area contributed by atoms with E-state index >= 15 is 0 Å². The molecule has 1 amide bonds. The summed E-state index contributed by atoms with van der Waals surface area (Å²) >= 11 is 0. The van der Waals surface area contributed by atoms with Crippen LogP contribution in [-0.4, -0.2) is 61.8 Å². The van der Waals surface area contributed by atoms with E-state index in [0.717, 1.165) is 55.4 Å². The molecule has 2 aliphatic rings. The quantitative estimate of drug-likeness (QED) is 0.511. The number of pyridine rings is 1. The summed E-state index contributed by atoms with van der Waals surface area (Å²) in [7, 11) is 0. The number of carboxylic acid groups (broad SMARTS) is 1. The second kappa shape index (κ2) is 11.4. The van der Waals surface area contributed by atoms with E-state index in [1.165, 1.54) is 0 Å². The van der Waals surface area contributed by atoms with Crippen LogP contribution in [0.5, 0.6) is 0 Å². The first-order valence-corrected chi connectivity index (χ1v) is 12.0. The zero-order valence-corrected chi connectivity index (χ0v) is 20.6. The number of aromatic nitrogens is 3. The molecule has 0 aliphatic carbocycles. The van der Waals surface area contributed by atoms with Gasteiger partial charge in [-0.1, -0.05) is 6.07 Å². The Balaban J connectivity index is 0.000000426. The molecule has 3 aromatic rings. The van der Waals surface area contributed by atoms with Gasteiger partial charge < -0.3 is 24.1 Å². The van der Waals surface area contributed by atoms with Gasteiger partial charge in [0.15, 0.2) is 6.10 Å². The third-order valence-corrected chi connectivity index (χ3v) is 6.42. The Morgan fingerprint density at radius 3 is 2.55 bits per heavy atom. The monoisotopic (exact) mass is 535 g/mol. The molecular weight excluding hydrogens is 507 g/mol. The molecule has 5 rings (SSSR count). The van der Waals surface area contributed by atoms with Gasteiger partial charge in [-0.2, -0.15) is 13.2 Å². The highest BCUT2D eigenvalue weighted by Gasteiger charge is 2.47. The van der Waals surface area contributed by atoms with Crippen LogP contribution in [0.15, 0.2) is 53.5 Å². The van der Waals surface area contributed by atoms with Crippen molar-refractivity contribution in [3.63, 3.8) is 0 Å². The number of carbonyl (C=O) groups excluding carboxylic acids is 1. The first-order valence-electron chi connectivity index (χ1n) is 12.0. The average molecular weight is 536 g/mol. The average Bonchev–Trinajstić information content (AvgIpc) is 3.53. The highest BCUT2D eigenvalue weighted by atomic mass is 19.4. The highest BCUT2D eigenvalue weighted by molar-refractivity contribution is 5.81. The molecule has 1 fully saturated rings. The molecule has 0 bridgehead atoms. The van der Waals surface area contributed by atoms with Crippen LogP contribution in [0, 0.1) is 6.92 Å². The third-order valence-electron chi connectivity index (χ3n) is 6.42. The van der Waals surface area contributed by atoms with E-state index in [1.807, 2.05) is 37.4 Å². The van der Waals surface area contributed by atoms with Crippen LogP contribution >= 0.6 is 0 Å². The summed E-state index contributed by atoms with van der Waals surface area (Å²) < 4.78 is 46.0. The molecule has 1 saturated heterocycles. The van der Waals surface area contributed by atoms with Gasteiger partial charge in [-0.05, 0) is 43.5 Å². The number of fused-ring (bicyclic) bond motifs is 2. The number of ether oxygens (including phenoxy) is 1. The van der Waals surface area contributed by atoms with Crippen molar-refractivity contribution in [3.05, 3.63) is 72.0 Å². The number of carbonyl (C=O) groups is 2. The van der Waals surface area contributed by atoms with Crippen LogP contribution in [0.25, 0.3) is 0 Å². The van der Waals surface area contributed by atoms with E-state index < -0.39 is 23.9 Å². The number of rotatable bonds is 5. The number of halogens is 3. The Morgan fingerprint density at radius 2 is 1.95 bits per heavy atom. The van der Waals surface area contributed by atoms with Crippen molar-refractivity contribution >= 4 is 11.9 Å². The summed E-state index contributed by atoms with van der Waals surface area (Å²) in [6, 6.07) is 7.84. The standard InChI is InChI=1S/C23H27N5O3.C2HF3O2/c1-17-4-5-19(30-17)15-27-10-6-23(7-11-27)22-25-9-12-28(22)16-20(31-23)21(29)26-14-18-3-2-8-24-13-18;3-2(4,5)1(6)7/h2-5,8-9,12-13,20H,6-7,10-11,14-16H2,1H3,(H,26,29);(H,6,7). The van der Waals surface area contributed by atoms with Crippen molar-refractivity contribution < 1.29 is 37.0 Å². The largest absolute Gasteiger partial charge is 0.490 e. The minimum Gasteiger partial charge on any atom is -0.475 e. The van der Waals surface area contributed by atoms with E-state index in [1.54, 1.807) is 18.6 Å². The number of likely N-dealkylation sites (tertiary alicyclic amines) is 1. The normalized spacial score (nSPS) is 18.8. The van der Waals surface area contributed by atoms with Gasteiger partial charge in [0.2, 0.25) is 0 Å². The number of furan rings is 1. The van der Waals surface area contributed by atoms with Gasteiger partial charge in [-0.3, -0.25) is 14.7 Å². The molecule has 2 aliphatic heterocycles. The Morgan fingerprint density at radius 1 is 1.21 bits per heavy atom. The summed E-state index contributed by atoms with van der Waals surface area (Å²) in [5.41, 5.74) is 0.430. The number of nitrogens with zero attached hydrogens (tertiary/aromatic N) is 4. The second-order valence-corrected chi connectivity index (χ2v) is 9.17. The van der Waals surface area contributed by atoms with Gasteiger partial charge in [0.1, 0.15) is 22.9 Å². The van der Waals surface area contributed by atoms with Crippen molar-refractivity contribution in [2.45, 2.75) is 57.3 Å². The zero-order chi connectivity index (χ0) is 27.3. The molecule has 13 heteroatoms. The van der Waals surface area contributed by atoms with Crippen molar-refractivity contribution in [2.75, 3.05) is 13.1 Å². The number of hydrogen-bond donors (Lipinski definition) is 2. The smallest absolute Gasteiger partial charge is 0.475 e. The van der Waals surface area contributed by atoms with Crippen LogP contribution in [0.4, 0.5) is 13.2 Å². The zero-order valence-electron chi connectivity index (χ0n) is 20.6. The van der Waals surface area contributed by atoms with Gasteiger partial charge in [0.25, 0.3) is 5.91 Å². The van der Waals surface area contributed by atoms with Crippen molar-refractivity contribution in [1.29, 1.82) is 0 Å². The van der Waals surface area contributed by atoms with Crippen molar-refractivity contribution in [3.8, 4) is 0 Å². The number of alkyl halides is 3. The van der Waals surface area contributed by atoms with Gasteiger partial charge >= 0.3 is 12.1 Å². The Hall–Kier alpha value is -3.71. The summed E-state index contributed by atoms with van der Waals surface area (Å²) in [6.07, 6.45) is 3.17. The predicted molar refractivity (Wildman–Crippen MR) is 127 cm³/mol. The number of aryl methyl sites for hydroxylation is 1. The molecular formula is C25H28F3N5O5. The molecule has 10 nitrogen and oxygen atoms in total. The van der Waals surface area contributed by atoms with E-state index in [0.29, 0.717) is 13.1 Å². The lowest BCUT2D eigenvalue weighted by Gasteiger charge is -2.45. The van der Waals surface area contributed by atoms with Crippen molar-refractivity contribution in [1.82, 2.24) is 24.8 Å². The maximum absolute atomic E-state index is 12.9. The van der Waals surface area contributed by atoms with Gasteiger partial charge in [-0.25, -0.2) is 9.78 Å². The first-order chi connectivity index (χ1) is 18.1. The van der Waals surface area contributed by atoms with Crippen LogP contribution in [-0.2, 0) is 39.6 Å². The topological polar surface area (TPSA) is 123 Å². The van der Waals surface area contributed by atoms with Crippen LogP contribution in [0.2, 0.25) is 0 Å². The van der Waals surface area contributed by atoms with Gasteiger partial charge in [-0.15, -0.1) is 0 Å². The first kappa shape index (κ1) is 27.3. The lowest BCUT2D eigenvalue weighted by molar-refractivity contribution is -0.192. The molecule has 3 aromatic heterocycles. The lowest BCUT2D eigenvalue weighted by Crippen LogP contribution is -2.53. The van der Waals surface area contributed by atoms with Crippen molar-refractivity contribution in [2.24, 2.45) is 0 Å². The molecule has 0 saturated carbocycles. The molecule has 1 atom stereocenters. The Kier molecular flexibility index (Phi) is 8.17. The maximum Gasteiger partial charge on any atom is 0.490 e. The summed E-state index contributed by atoms with van der Waals surface area (Å²) in [5, 5.41) is 10.1. The second-order valence-electron chi connectivity index (χ2n) is 9.17. The fraction of sp³-hybridized carbons (Fsp3) is 0.440. The molecule has 204 valence electrons. The number of aliphatic carboxylic acids is 1. The molecule has 38 heavy (non-hydrogen) atoms. The Labute approximate surface area is 216 Å². The van der Waals surface area contributed by atoms with E-state index in [2.05, 4.69) is 24.8 Å². The number of carboxylic acids is 1. The molecule has 5 heterocycles. The summed E-state index contributed by atoms with van der Waals surface area (Å²) in [4.78, 5) is 32.9. The fourth-order valence-corrected chi connectivity index (χ4v) is 4.54. The minimum absolute atomic E-state index is 0.101. The van der Waals surface area contributed by atoms with E-state index in [-0.39, 0.29) is 5.91 Å². The SMILES string of the molecule is Cc1ccc(CN2CCC3(CC2)OC(C(=O)NCc2cccnc2)Cn2ccnc23)o1.O=C(O)C(F)(F)F. The lowest BCUT2D eigenvalue weighted by atomic mass is 9.88. The number of nitrogens with one attached hydrogen (secondary N) is 1. The van der Waals surface area contributed by atoms with E-state index in [9.17, 15) is 18.0 Å². The molecule has 1 spiro atoms. The highest BCUT2D eigenvalue weighted by Crippen LogP contribution is 2.40. The molecule has 0 radical (unpaired) electrons. The summed E-state index contributed by atoms with van der Waals surface area (Å²) in [5.74, 6) is -0.0192. The number of amides is 1. The number of hydrogen-bond acceptors (Lipinski definition) is 7. The van der Waals surface area contributed by atoms with Crippen LogP contribution in [0.1, 0.15) is 35.7 Å². The van der Waals surface area contributed by atoms with E-state index in [4.69, 9.17) is 19.1 Å². The third kappa shape index (κ3) is 6.58. The number of imidazole rings is 1. The summed E-state index contributed by atoms with van der Waals surface area (Å²) in [6.45, 7) is 5.38. The molecule has 0 aromatic carbocycles. The number of piperidine rings is 1. The van der Waals surface area contributed by atoms with Gasteiger partial charge in [0.05, 0.1) is 13.1 Å². The molecule has 2 N–H and O–H groups in total. The minimum atomic E-state index is -5.08. The maximum atomic E-state index is 12.9. The fourth-order valence-electron chi connectivity index (χ4n) is 4.54. The molecule has 1 unspecified atom stereocenters. The Bertz CT molecular complexity index is 1240. The van der Waals surface area contributed by atoms with Crippen LogP contribution in [0.3, 0.4) is 0 Å². The van der Waals surface area contributed by atoms with Gasteiger partial charge in [0, 0.05) is 44.4 Å². The predicted octanol–water partition coefficient (Wildman–Crippen LogP) is 3.02. The van der Waals surface area contributed by atoms with Crippen LogP contribution < -0.4 is 5.32 Å².